The summed E-state index contributed by atoms with van der Waals surface area (Å²) in [5, 5.41) is 9.83. The first-order valence-corrected chi connectivity index (χ1v) is 13.0. The molecule has 4 rings (SSSR count). The maximum atomic E-state index is 14.4. The molecule has 1 aromatic rings. The Morgan fingerprint density at radius 3 is 2.70 bits per heavy atom. The number of hydrogen-bond donors (Lipinski definition) is 1. The molecule has 1 spiro atoms. The Balaban J connectivity index is 1.74. The molecule has 5 atom stereocenters. The predicted octanol–water partition coefficient (Wildman–Crippen LogP) is 3.09. The number of aliphatic hydroxyl groups is 1. The van der Waals surface area contributed by atoms with Crippen molar-refractivity contribution in [3.63, 3.8) is 0 Å². The number of benzene rings is 1. The van der Waals surface area contributed by atoms with Crippen LogP contribution in [0.1, 0.15) is 43.7 Å². The lowest BCUT2D eigenvalue weighted by molar-refractivity contribution is -0.159. The van der Waals surface area contributed by atoms with Gasteiger partial charge in [-0.25, -0.2) is 0 Å². The number of aryl methyl sites for hydroxylation is 2. The van der Waals surface area contributed by atoms with Gasteiger partial charge in [0.05, 0.1) is 24.7 Å². The molecular weight excluding hydrogens is 472 g/mol. The Morgan fingerprint density at radius 2 is 2.03 bits per heavy atom. The number of β-amino-alcohol motifs (C(OH)–C–C–N with tert-alkyl or cyclic N) is 1. The maximum Gasteiger partial charge on any atom is 0.312 e. The van der Waals surface area contributed by atoms with E-state index in [0.29, 0.717) is 19.3 Å². The number of amides is 2. The monoisotopic (exact) mass is 510 g/mol. The minimum atomic E-state index is -1.17. The van der Waals surface area contributed by atoms with E-state index >= 15 is 0 Å². The van der Waals surface area contributed by atoms with Gasteiger partial charge in [-0.1, -0.05) is 24.3 Å². The summed E-state index contributed by atoms with van der Waals surface area (Å²) >= 11 is 0. The summed E-state index contributed by atoms with van der Waals surface area (Å²) in [6.07, 6.45) is 5.78. The number of nitrogens with zero attached hydrogens (tertiary/aromatic N) is 2. The van der Waals surface area contributed by atoms with E-state index in [2.05, 4.69) is 13.2 Å². The van der Waals surface area contributed by atoms with Crippen LogP contribution >= 0.6 is 0 Å². The molecule has 3 heterocycles. The van der Waals surface area contributed by atoms with Crippen molar-refractivity contribution in [2.24, 2.45) is 11.8 Å². The highest BCUT2D eigenvalue weighted by Gasteiger charge is 2.78. The van der Waals surface area contributed by atoms with Crippen molar-refractivity contribution in [1.29, 1.82) is 0 Å². The lowest BCUT2D eigenvalue weighted by atomic mass is 9.66. The average molecular weight is 511 g/mol. The van der Waals surface area contributed by atoms with E-state index in [4.69, 9.17) is 9.47 Å². The first-order chi connectivity index (χ1) is 17.6. The summed E-state index contributed by atoms with van der Waals surface area (Å²) in [5.41, 5.74) is 0.580. The van der Waals surface area contributed by atoms with E-state index in [1.54, 1.807) is 17.1 Å². The van der Waals surface area contributed by atoms with E-state index < -0.39 is 35.0 Å². The van der Waals surface area contributed by atoms with Gasteiger partial charge in [0.1, 0.15) is 17.6 Å². The van der Waals surface area contributed by atoms with Crippen molar-refractivity contribution in [2.75, 3.05) is 31.2 Å². The minimum Gasteiger partial charge on any atom is -0.465 e. The first kappa shape index (κ1) is 27.1. The number of esters is 1. The second-order valence-corrected chi connectivity index (χ2v) is 10.6. The standard InChI is InChI=1S/C29H38N2O6/c1-6-8-9-17-36-27(35)23-22-25(33)31(15-16-32)24(29(22)13-12-28(23,5)37-29)26(34)30(14-7-2)21-18-19(3)10-11-20(21)4/h6-7,10-11,18,22-24,32H,1-2,8-9,12-17H2,3-5H3/t22-,23-,24?,28+,29?/m0/s1. The van der Waals surface area contributed by atoms with E-state index in [1.807, 2.05) is 39.0 Å². The molecule has 200 valence electrons. The quantitative estimate of drug-likeness (QED) is 0.279. The highest BCUT2D eigenvalue weighted by atomic mass is 16.6. The summed E-state index contributed by atoms with van der Waals surface area (Å²) in [6.45, 7) is 13.4. The molecule has 2 unspecified atom stereocenters. The lowest BCUT2D eigenvalue weighted by Crippen LogP contribution is -2.57. The SMILES string of the molecule is C=CCCCOC(=O)[C@@H]1[C@H]2C(=O)N(CCO)C(C(=O)N(CC=C)c3cc(C)ccc3C)C23CC[C@@]1(C)O3. The third-order valence-corrected chi connectivity index (χ3v) is 8.14. The molecule has 0 radical (unpaired) electrons. The fourth-order valence-electron chi connectivity index (χ4n) is 6.50. The second-order valence-electron chi connectivity index (χ2n) is 10.6. The van der Waals surface area contributed by atoms with Crippen molar-refractivity contribution >= 4 is 23.5 Å². The largest absolute Gasteiger partial charge is 0.465 e. The van der Waals surface area contributed by atoms with Crippen LogP contribution in [-0.4, -0.2) is 71.3 Å². The Hall–Kier alpha value is -2.97. The van der Waals surface area contributed by atoms with E-state index in [0.717, 1.165) is 23.2 Å². The Bertz CT molecular complexity index is 1100. The van der Waals surface area contributed by atoms with Crippen LogP contribution in [0.25, 0.3) is 0 Å². The number of carbonyl (C=O) groups excluding carboxylic acids is 3. The van der Waals surface area contributed by atoms with Crippen LogP contribution in [-0.2, 0) is 23.9 Å². The minimum absolute atomic E-state index is 0.0244. The van der Waals surface area contributed by atoms with Gasteiger partial charge in [-0.3, -0.25) is 14.4 Å². The van der Waals surface area contributed by atoms with Gasteiger partial charge in [-0.2, -0.15) is 0 Å². The molecular formula is C29H38N2O6. The molecule has 0 saturated carbocycles. The highest BCUT2D eigenvalue weighted by molar-refractivity contribution is 6.05. The molecule has 0 aromatic heterocycles. The smallest absolute Gasteiger partial charge is 0.312 e. The van der Waals surface area contributed by atoms with Gasteiger partial charge in [0, 0.05) is 18.8 Å². The maximum absolute atomic E-state index is 14.4. The van der Waals surface area contributed by atoms with Crippen LogP contribution in [0.4, 0.5) is 5.69 Å². The van der Waals surface area contributed by atoms with Crippen molar-refractivity contribution < 1.29 is 29.0 Å². The molecule has 8 nitrogen and oxygen atoms in total. The Kier molecular flexibility index (Phi) is 7.62. The predicted molar refractivity (Wildman–Crippen MR) is 140 cm³/mol. The Labute approximate surface area is 218 Å². The van der Waals surface area contributed by atoms with Gasteiger partial charge >= 0.3 is 5.97 Å². The fourth-order valence-corrected chi connectivity index (χ4v) is 6.50. The number of hydrogen-bond acceptors (Lipinski definition) is 6. The lowest BCUT2D eigenvalue weighted by Gasteiger charge is -2.37. The third-order valence-electron chi connectivity index (χ3n) is 8.14. The topological polar surface area (TPSA) is 96.4 Å². The van der Waals surface area contributed by atoms with Crippen LogP contribution in [0.3, 0.4) is 0 Å². The molecule has 37 heavy (non-hydrogen) atoms. The molecule has 3 saturated heterocycles. The Morgan fingerprint density at radius 1 is 1.27 bits per heavy atom. The molecule has 8 heteroatoms. The summed E-state index contributed by atoms with van der Waals surface area (Å²) in [7, 11) is 0. The number of aliphatic hydroxyl groups excluding tert-OH is 1. The summed E-state index contributed by atoms with van der Waals surface area (Å²) < 4.78 is 12.2. The van der Waals surface area contributed by atoms with Crippen LogP contribution in [0.5, 0.6) is 0 Å². The first-order valence-electron chi connectivity index (χ1n) is 13.0. The molecule has 3 aliphatic rings. The zero-order valence-electron chi connectivity index (χ0n) is 22.1. The summed E-state index contributed by atoms with van der Waals surface area (Å²) in [5.74, 6) is -2.78. The molecule has 1 aromatic carbocycles. The highest BCUT2D eigenvalue weighted by Crippen LogP contribution is 2.63. The normalized spacial score (nSPS) is 29.8. The number of carbonyl (C=O) groups is 3. The van der Waals surface area contributed by atoms with Gasteiger partial charge < -0.3 is 24.4 Å². The number of allylic oxidation sites excluding steroid dienone is 1. The summed E-state index contributed by atoms with van der Waals surface area (Å²) in [4.78, 5) is 44.6. The van der Waals surface area contributed by atoms with Crippen LogP contribution < -0.4 is 4.90 Å². The van der Waals surface area contributed by atoms with Gasteiger partial charge in [-0.15, -0.1) is 13.2 Å². The van der Waals surface area contributed by atoms with Crippen LogP contribution in [0, 0.1) is 25.7 Å². The number of ether oxygens (including phenoxy) is 2. The van der Waals surface area contributed by atoms with Gasteiger partial charge in [0.15, 0.2) is 0 Å². The summed E-state index contributed by atoms with van der Waals surface area (Å²) in [6, 6.07) is 4.90. The average Bonchev–Trinajstić information content (AvgIpc) is 3.43. The van der Waals surface area contributed by atoms with Gasteiger partial charge in [-0.05, 0) is 63.6 Å². The van der Waals surface area contributed by atoms with Crippen molar-refractivity contribution in [2.45, 2.75) is 63.7 Å². The molecule has 2 amide bonds. The zero-order valence-corrected chi connectivity index (χ0v) is 22.1. The van der Waals surface area contributed by atoms with Crippen LogP contribution in [0.2, 0.25) is 0 Å². The number of anilines is 1. The number of unbranched alkanes of at least 4 members (excludes halogenated alkanes) is 1. The number of likely N-dealkylation sites (tertiary alicyclic amines) is 1. The van der Waals surface area contributed by atoms with Gasteiger partial charge in [0.25, 0.3) is 5.91 Å². The number of rotatable bonds is 11. The van der Waals surface area contributed by atoms with Crippen molar-refractivity contribution in [3.05, 3.63) is 54.6 Å². The van der Waals surface area contributed by atoms with Gasteiger partial charge in [0.2, 0.25) is 5.91 Å². The van der Waals surface area contributed by atoms with E-state index in [1.165, 1.54) is 4.90 Å². The fraction of sp³-hybridized carbons (Fsp3) is 0.552. The third kappa shape index (κ3) is 4.40. The van der Waals surface area contributed by atoms with E-state index in [-0.39, 0.29) is 38.1 Å². The molecule has 1 N–H and O–H groups in total. The molecule has 3 aliphatic heterocycles. The molecule has 3 fully saturated rings. The number of fused-ring (bicyclic) bond motifs is 1. The molecule has 2 bridgehead atoms. The van der Waals surface area contributed by atoms with E-state index in [9.17, 15) is 19.5 Å². The molecule has 0 aliphatic carbocycles. The van der Waals surface area contributed by atoms with Crippen molar-refractivity contribution in [3.8, 4) is 0 Å². The van der Waals surface area contributed by atoms with Crippen molar-refractivity contribution in [1.82, 2.24) is 4.90 Å². The van der Waals surface area contributed by atoms with Crippen LogP contribution in [0.15, 0.2) is 43.5 Å². The zero-order chi connectivity index (χ0) is 27.0. The second kappa shape index (κ2) is 10.4.